The van der Waals surface area contributed by atoms with Crippen molar-refractivity contribution in [1.29, 1.82) is 0 Å². The van der Waals surface area contributed by atoms with Crippen LogP contribution >= 0.6 is 0 Å². The molecular weight excluding hydrogens is 512 g/mol. The quantitative estimate of drug-likeness (QED) is 0.390. The summed E-state index contributed by atoms with van der Waals surface area (Å²) in [5.41, 5.74) is 0.869. The molecule has 0 aromatic heterocycles. The molecule has 0 saturated carbocycles. The lowest BCUT2D eigenvalue weighted by Gasteiger charge is -2.30. The molecule has 2 N–H and O–H groups in total. The van der Waals surface area contributed by atoms with Crippen LogP contribution in [0, 0.1) is 5.92 Å². The first-order valence-electron chi connectivity index (χ1n) is 12.6. The summed E-state index contributed by atoms with van der Waals surface area (Å²) in [7, 11) is -0.914. The van der Waals surface area contributed by atoms with Crippen LogP contribution in [0.5, 0.6) is 5.75 Å². The number of methoxy groups -OCH3 is 2. The molecule has 2 aromatic carbocycles. The Hall–Kier alpha value is -2.70. The van der Waals surface area contributed by atoms with Crippen LogP contribution in [-0.2, 0) is 30.7 Å². The van der Waals surface area contributed by atoms with Crippen LogP contribution in [0.2, 0.25) is 0 Å². The second-order valence-corrected chi connectivity index (χ2v) is 11.6. The molecule has 3 rings (SSSR count). The molecule has 0 aliphatic carbocycles. The van der Waals surface area contributed by atoms with Crippen LogP contribution in [0.15, 0.2) is 59.5 Å². The Morgan fingerprint density at radius 1 is 1.11 bits per heavy atom. The van der Waals surface area contributed by atoms with E-state index in [2.05, 4.69) is 5.32 Å². The first kappa shape index (κ1) is 29.9. The van der Waals surface area contributed by atoms with Crippen molar-refractivity contribution < 1.29 is 37.3 Å². The topological polar surface area (TPSA) is 124 Å². The summed E-state index contributed by atoms with van der Waals surface area (Å²) in [5, 5.41) is 14.0. The number of amides is 1. The molecule has 1 fully saturated rings. The zero-order valence-electron chi connectivity index (χ0n) is 22.3. The molecule has 38 heavy (non-hydrogen) atoms. The van der Waals surface area contributed by atoms with Gasteiger partial charge in [-0.3, -0.25) is 0 Å². The second kappa shape index (κ2) is 13.9. The minimum Gasteiger partial charge on any atom is -0.497 e. The van der Waals surface area contributed by atoms with Gasteiger partial charge < -0.3 is 29.4 Å². The SMILES string of the molecule is COc1ccc(S(=O)(=O)N(CC(C)C)C[C@@H](O)[C@H](Cc2ccccc2)NC(=O)OC2CO[C@@H](OC)C2)cc1. The lowest BCUT2D eigenvalue weighted by molar-refractivity contribution is -0.0883. The van der Waals surface area contributed by atoms with Crippen LogP contribution in [0.4, 0.5) is 4.79 Å². The zero-order chi connectivity index (χ0) is 27.7. The minimum atomic E-state index is -3.94. The van der Waals surface area contributed by atoms with Crippen molar-refractivity contribution >= 4 is 16.1 Å². The van der Waals surface area contributed by atoms with Crippen molar-refractivity contribution in [3.8, 4) is 5.75 Å². The average molecular weight is 551 g/mol. The van der Waals surface area contributed by atoms with E-state index in [1.807, 2.05) is 44.2 Å². The molecule has 1 unspecified atom stereocenters. The van der Waals surface area contributed by atoms with E-state index in [9.17, 15) is 18.3 Å². The average Bonchev–Trinajstić information content (AvgIpc) is 3.35. The summed E-state index contributed by atoms with van der Waals surface area (Å²) in [6.07, 6.45) is -2.19. The molecule has 11 heteroatoms. The van der Waals surface area contributed by atoms with Crippen molar-refractivity contribution in [3.63, 3.8) is 0 Å². The molecule has 0 radical (unpaired) electrons. The maximum Gasteiger partial charge on any atom is 0.407 e. The standard InChI is InChI=1S/C27H38N2O8S/c1-19(2)16-29(38(32,33)23-12-10-21(34-3)11-13-23)17-25(30)24(14-20-8-6-5-7-9-20)28-27(31)37-22-15-26(35-4)36-18-22/h5-13,19,22,24-26,30H,14-18H2,1-4H3,(H,28,31)/t22?,24-,25+,26+/m0/s1. The third-order valence-electron chi connectivity index (χ3n) is 6.18. The first-order valence-corrected chi connectivity index (χ1v) is 14.0. The number of aliphatic hydroxyl groups is 1. The van der Waals surface area contributed by atoms with Gasteiger partial charge in [-0.15, -0.1) is 0 Å². The summed E-state index contributed by atoms with van der Waals surface area (Å²) >= 11 is 0. The normalized spacial score (nSPS) is 19.3. The summed E-state index contributed by atoms with van der Waals surface area (Å²) < 4.78 is 49.5. The molecule has 1 heterocycles. The number of rotatable bonds is 13. The van der Waals surface area contributed by atoms with Crippen LogP contribution in [0.25, 0.3) is 0 Å². The molecule has 1 amide bonds. The van der Waals surface area contributed by atoms with E-state index < -0.39 is 40.7 Å². The zero-order valence-corrected chi connectivity index (χ0v) is 23.1. The molecule has 4 atom stereocenters. The Balaban J connectivity index is 1.78. The Morgan fingerprint density at radius 2 is 1.79 bits per heavy atom. The van der Waals surface area contributed by atoms with E-state index in [1.165, 1.54) is 30.7 Å². The van der Waals surface area contributed by atoms with E-state index in [1.54, 1.807) is 12.1 Å². The third kappa shape index (κ3) is 8.40. The van der Waals surface area contributed by atoms with Crippen molar-refractivity contribution in [3.05, 3.63) is 60.2 Å². The van der Waals surface area contributed by atoms with Gasteiger partial charge in [-0.2, -0.15) is 4.31 Å². The molecule has 1 saturated heterocycles. The van der Waals surface area contributed by atoms with E-state index in [-0.39, 0.29) is 36.9 Å². The molecule has 210 valence electrons. The maximum absolute atomic E-state index is 13.5. The van der Waals surface area contributed by atoms with Crippen LogP contribution in [0.3, 0.4) is 0 Å². The van der Waals surface area contributed by atoms with Gasteiger partial charge >= 0.3 is 6.09 Å². The Kier molecular flexibility index (Phi) is 10.9. The molecule has 2 aromatic rings. The highest BCUT2D eigenvalue weighted by Gasteiger charge is 2.33. The fourth-order valence-electron chi connectivity index (χ4n) is 4.21. The second-order valence-electron chi connectivity index (χ2n) is 9.66. The number of hydrogen-bond acceptors (Lipinski definition) is 8. The Bertz CT molecular complexity index is 1110. The van der Waals surface area contributed by atoms with Gasteiger partial charge in [-0.05, 0) is 42.2 Å². The highest BCUT2D eigenvalue weighted by Crippen LogP contribution is 2.22. The monoisotopic (exact) mass is 550 g/mol. The molecule has 10 nitrogen and oxygen atoms in total. The number of alkyl carbamates (subject to hydrolysis) is 1. The Labute approximate surface area is 224 Å². The number of ether oxygens (including phenoxy) is 4. The van der Waals surface area contributed by atoms with E-state index in [0.717, 1.165) is 5.56 Å². The molecule has 0 spiro atoms. The molecule has 1 aliphatic rings. The van der Waals surface area contributed by atoms with Crippen molar-refractivity contribution in [2.45, 2.75) is 56.1 Å². The van der Waals surface area contributed by atoms with Crippen LogP contribution in [0.1, 0.15) is 25.8 Å². The minimum absolute atomic E-state index is 0.00295. The number of aliphatic hydroxyl groups excluding tert-OH is 1. The summed E-state index contributed by atoms with van der Waals surface area (Å²) in [6, 6.07) is 14.6. The number of benzene rings is 2. The van der Waals surface area contributed by atoms with Gasteiger partial charge in [0.15, 0.2) is 6.29 Å². The van der Waals surface area contributed by atoms with Gasteiger partial charge in [-0.1, -0.05) is 44.2 Å². The van der Waals surface area contributed by atoms with Crippen LogP contribution in [-0.4, -0.2) is 82.4 Å². The van der Waals surface area contributed by atoms with Gasteiger partial charge in [-0.25, -0.2) is 13.2 Å². The van der Waals surface area contributed by atoms with Crippen molar-refractivity contribution in [2.24, 2.45) is 5.92 Å². The van der Waals surface area contributed by atoms with Crippen molar-refractivity contribution in [1.82, 2.24) is 9.62 Å². The van der Waals surface area contributed by atoms with Crippen LogP contribution < -0.4 is 10.1 Å². The summed E-state index contributed by atoms with van der Waals surface area (Å²) in [4.78, 5) is 12.8. The van der Waals surface area contributed by atoms with Gasteiger partial charge in [0.05, 0.1) is 30.8 Å². The molecular formula is C27H38N2O8S. The van der Waals surface area contributed by atoms with E-state index in [4.69, 9.17) is 18.9 Å². The lowest BCUT2D eigenvalue weighted by Crippen LogP contribution is -2.51. The highest BCUT2D eigenvalue weighted by atomic mass is 32.2. The van der Waals surface area contributed by atoms with Gasteiger partial charge in [0.25, 0.3) is 0 Å². The molecule has 1 aliphatic heterocycles. The predicted octanol–water partition coefficient (Wildman–Crippen LogP) is 2.80. The number of nitrogens with zero attached hydrogens (tertiary/aromatic N) is 1. The number of carbonyl (C=O) groups excluding carboxylic acids is 1. The predicted molar refractivity (Wildman–Crippen MR) is 141 cm³/mol. The lowest BCUT2D eigenvalue weighted by atomic mass is 10.0. The molecule has 0 bridgehead atoms. The smallest absolute Gasteiger partial charge is 0.407 e. The number of hydrogen-bond donors (Lipinski definition) is 2. The Morgan fingerprint density at radius 3 is 2.37 bits per heavy atom. The third-order valence-corrected chi connectivity index (χ3v) is 8.03. The number of sulfonamides is 1. The summed E-state index contributed by atoms with van der Waals surface area (Å²) in [5.74, 6) is 0.534. The van der Waals surface area contributed by atoms with Crippen molar-refractivity contribution in [2.75, 3.05) is 33.9 Å². The maximum atomic E-state index is 13.5. The fraction of sp³-hybridized carbons (Fsp3) is 0.519. The van der Waals surface area contributed by atoms with E-state index in [0.29, 0.717) is 12.2 Å². The van der Waals surface area contributed by atoms with Gasteiger partial charge in [0.1, 0.15) is 11.9 Å². The largest absolute Gasteiger partial charge is 0.497 e. The van der Waals surface area contributed by atoms with Gasteiger partial charge in [0, 0.05) is 26.6 Å². The first-order chi connectivity index (χ1) is 18.1. The van der Waals surface area contributed by atoms with Gasteiger partial charge in [0.2, 0.25) is 10.0 Å². The fourth-order valence-corrected chi connectivity index (χ4v) is 5.83. The summed E-state index contributed by atoms with van der Waals surface area (Å²) in [6.45, 7) is 3.97. The van der Waals surface area contributed by atoms with E-state index >= 15 is 0 Å². The highest BCUT2D eigenvalue weighted by molar-refractivity contribution is 7.89. The number of nitrogens with one attached hydrogen (secondary N) is 1. The number of carbonyl (C=O) groups is 1.